The Morgan fingerprint density at radius 2 is 2.23 bits per heavy atom. The smallest absolute Gasteiger partial charge is 0.251 e. The average Bonchev–Trinajstić information content (AvgIpc) is 3.15. The molecule has 0 bridgehead atoms. The molecule has 2 fully saturated rings. The van der Waals surface area contributed by atoms with Crippen LogP contribution in [-0.4, -0.2) is 52.8 Å². The molecule has 0 spiro atoms. The molecule has 22 heavy (non-hydrogen) atoms. The molecule has 0 aliphatic carbocycles. The van der Waals surface area contributed by atoms with Crippen molar-refractivity contribution in [1.29, 1.82) is 0 Å². The number of carbonyl (C=O) groups excluding carboxylic acids is 1. The molecule has 0 radical (unpaired) electrons. The summed E-state index contributed by atoms with van der Waals surface area (Å²) in [6.07, 6.45) is 3.25. The molecule has 3 atom stereocenters. The first-order valence-electron chi connectivity index (χ1n) is 7.62. The zero-order valence-electron chi connectivity index (χ0n) is 12.7. The van der Waals surface area contributed by atoms with Crippen molar-refractivity contribution in [3.63, 3.8) is 0 Å². The van der Waals surface area contributed by atoms with Gasteiger partial charge in [0.25, 0.3) is 5.91 Å². The van der Waals surface area contributed by atoms with E-state index in [1.54, 1.807) is 6.92 Å². The zero-order chi connectivity index (χ0) is 14.8. The van der Waals surface area contributed by atoms with E-state index in [1.165, 1.54) is 0 Å². The van der Waals surface area contributed by atoms with Gasteiger partial charge in [0.1, 0.15) is 6.10 Å². The van der Waals surface area contributed by atoms with Gasteiger partial charge >= 0.3 is 0 Å². The first kappa shape index (κ1) is 17.2. The number of ether oxygens (including phenoxy) is 1. The molecule has 8 heteroatoms. The van der Waals surface area contributed by atoms with Gasteiger partial charge in [0.15, 0.2) is 5.82 Å². The molecule has 0 aromatic carbocycles. The van der Waals surface area contributed by atoms with Crippen LogP contribution >= 0.6 is 12.4 Å². The van der Waals surface area contributed by atoms with Gasteiger partial charge in [-0.25, -0.2) is 0 Å². The Bertz CT molecular complexity index is 510. The number of carbonyl (C=O) groups is 1. The molecule has 1 aromatic rings. The van der Waals surface area contributed by atoms with Gasteiger partial charge in [-0.3, -0.25) is 4.79 Å². The van der Waals surface area contributed by atoms with E-state index in [1.807, 2.05) is 4.90 Å². The number of hydrogen-bond acceptors (Lipinski definition) is 6. The fourth-order valence-electron chi connectivity index (χ4n) is 3.12. The minimum Gasteiger partial charge on any atom is -0.364 e. The average molecular weight is 331 g/mol. The molecule has 1 unspecified atom stereocenters. The highest BCUT2D eigenvalue weighted by molar-refractivity contribution is 5.85. The fraction of sp³-hybridized carbons (Fsp3) is 0.786. The van der Waals surface area contributed by atoms with E-state index in [0.29, 0.717) is 24.8 Å². The van der Waals surface area contributed by atoms with Crippen molar-refractivity contribution in [3.05, 3.63) is 11.7 Å². The minimum atomic E-state index is -0.332. The number of nitrogens with zero attached hydrogens (tertiary/aromatic N) is 3. The highest BCUT2D eigenvalue weighted by atomic mass is 35.5. The Morgan fingerprint density at radius 1 is 1.41 bits per heavy atom. The maximum atomic E-state index is 12.5. The molecule has 0 saturated carbocycles. The third-order valence-corrected chi connectivity index (χ3v) is 4.27. The Kier molecular flexibility index (Phi) is 5.77. The second kappa shape index (κ2) is 7.39. The van der Waals surface area contributed by atoms with Crippen LogP contribution in [0.2, 0.25) is 0 Å². The predicted molar refractivity (Wildman–Crippen MR) is 81.8 cm³/mol. The standard InChI is InChI=1S/C14H22N4O3.ClH/c1-9-16-13(21-17-9)10-3-2-6-18(8-10)14(19)12-5-4-11(7-15)20-12;/h10-12H,2-8,15H2,1H3;1H/t10?,11-,12+;/m1./s1. The highest BCUT2D eigenvalue weighted by Crippen LogP contribution is 2.28. The first-order valence-corrected chi connectivity index (χ1v) is 7.62. The Balaban J connectivity index is 0.00000176. The summed E-state index contributed by atoms with van der Waals surface area (Å²) in [6.45, 7) is 3.69. The molecular formula is C14H23ClN4O3. The van der Waals surface area contributed by atoms with Crippen molar-refractivity contribution in [2.24, 2.45) is 5.73 Å². The number of rotatable bonds is 3. The van der Waals surface area contributed by atoms with Crippen LogP contribution in [-0.2, 0) is 9.53 Å². The molecule has 124 valence electrons. The maximum Gasteiger partial charge on any atom is 0.251 e. The predicted octanol–water partition coefficient (Wildman–Crippen LogP) is 1.01. The number of aromatic nitrogens is 2. The topological polar surface area (TPSA) is 94.5 Å². The SMILES string of the molecule is Cc1noc(C2CCCN(C(=O)[C@@H]3CC[C@H](CN)O3)C2)n1.Cl. The van der Waals surface area contributed by atoms with Crippen molar-refractivity contribution in [3.8, 4) is 0 Å². The lowest BCUT2D eigenvalue weighted by atomic mass is 9.97. The summed E-state index contributed by atoms with van der Waals surface area (Å²) in [7, 11) is 0. The second-order valence-corrected chi connectivity index (χ2v) is 5.86. The van der Waals surface area contributed by atoms with E-state index < -0.39 is 0 Å². The second-order valence-electron chi connectivity index (χ2n) is 5.86. The molecule has 7 nitrogen and oxygen atoms in total. The highest BCUT2D eigenvalue weighted by Gasteiger charge is 2.36. The minimum absolute atomic E-state index is 0. The third kappa shape index (κ3) is 3.59. The van der Waals surface area contributed by atoms with Crippen molar-refractivity contribution in [1.82, 2.24) is 15.0 Å². The van der Waals surface area contributed by atoms with E-state index in [2.05, 4.69) is 10.1 Å². The molecule has 3 rings (SSSR count). The number of piperidine rings is 1. The zero-order valence-corrected chi connectivity index (χ0v) is 13.6. The molecule has 2 N–H and O–H groups in total. The van der Waals surface area contributed by atoms with Gasteiger partial charge in [-0.05, 0) is 32.6 Å². The van der Waals surface area contributed by atoms with Gasteiger partial charge in [0, 0.05) is 19.6 Å². The molecule has 2 aliphatic rings. The lowest BCUT2D eigenvalue weighted by Gasteiger charge is -2.32. The van der Waals surface area contributed by atoms with E-state index in [-0.39, 0.29) is 36.4 Å². The summed E-state index contributed by atoms with van der Waals surface area (Å²) in [5.74, 6) is 1.48. The van der Waals surface area contributed by atoms with Crippen LogP contribution in [0.3, 0.4) is 0 Å². The van der Waals surface area contributed by atoms with Crippen LogP contribution in [0.5, 0.6) is 0 Å². The lowest BCUT2D eigenvalue weighted by Crippen LogP contribution is -2.44. The van der Waals surface area contributed by atoms with E-state index in [4.69, 9.17) is 15.0 Å². The molecule has 2 saturated heterocycles. The number of halogens is 1. The molecule has 3 heterocycles. The molecule has 1 aromatic heterocycles. The third-order valence-electron chi connectivity index (χ3n) is 4.27. The normalized spacial score (nSPS) is 28.5. The van der Waals surface area contributed by atoms with Crippen LogP contribution in [0, 0.1) is 6.92 Å². The van der Waals surface area contributed by atoms with E-state index in [0.717, 1.165) is 32.2 Å². The summed E-state index contributed by atoms with van der Waals surface area (Å²) in [5, 5.41) is 3.83. The quantitative estimate of drug-likeness (QED) is 0.889. The molecule has 2 aliphatic heterocycles. The van der Waals surface area contributed by atoms with E-state index >= 15 is 0 Å². The summed E-state index contributed by atoms with van der Waals surface area (Å²) in [6, 6.07) is 0. The van der Waals surface area contributed by atoms with Crippen molar-refractivity contribution < 1.29 is 14.1 Å². The van der Waals surface area contributed by atoms with Gasteiger partial charge in [0.2, 0.25) is 5.89 Å². The Hall–Kier alpha value is -1.18. The molecular weight excluding hydrogens is 308 g/mol. The Morgan fingerprint density at radius 3 is 2.86 bits per heavy atom. The van der Waals surface area contributed by atoms with Gasteiger partial charge in [-0.2, -0.15) is 4.98 Å². The van der Waals surface area contributed by atoms with Crippen LogP contribution in [0.25, 0.3) is 0 Å². The van der Waals surface area contributed by atoms with Crippen LogP contribution in [0.4, 0.5) is 0 Å². The summed E-state index contributed by atoms with van der Waals surface area (Å²) < 4.78 is 10.9. The van der Waals surface area contributed by atoms with Crippen LogP contribution in [0.1, 0.15) is 43.3 Å². The van der Waals surface area contributed by atoms with E-state index in [9.17, 15) is 4.79 Å². The van der Waals surface area contributed by atoms with Crippen LogP contribution < -0.4 is 5.73 Å². The summed E-state index contributed by atoms with van der Waals surface area (Å²) >= 11 is 0. The number of nitrogens with two attached hydrogens (primary N) is 1. The lowest BCUT2D eigenvalue weighted by molar-refractivity contribution is -0.144. The van der Waals surface area contributed by atoms with Crippen molar-refractivity contribution >= 4 is 18.3 Å². The summed E-state index contributed by atoms with van der Waals surface area (Å²) in [5.41, 5.74) is 5.60. The van der Waals surface area contributed by atoms with Crippen molar-refractivity contribution in [2.75, 3.05) is 19.6 Å². The van der Waals surface area contributed by atoms with Gasteiger partial charge in [-0.15, -0.1) is 12.4 Å². The monoisotopic (exact) mass is 330 g/mol. The largest absolute Gasteiger partial charge is 0.364 e. The van der Waals surface area contributed by atoms with Gasteiger partial charge in [0.05, 0.1) is 12.0 Å². The number of hydrogen-bond donors (Lipinski definition) is 1. The number of amides is 1. The number of likely N-dealkylation sites (tertiary alicyclic amines) is 1. The Labute approximate surface area is 136 Å². The maximum absolute atomic E-state index is 12.5. The first-order chi connectivity index (χ1) is 10.2. The van der Waals surface area contributed by atoms with Gasteiger partial charge < -0.3 is 19.9 Å². The van der Waals surface area contributed by atoms with Gasteiger partial charge in [-0.1, -0.05) is 5.16 Å². The molecule has 1 amide bonds. The number of aryl methyl sites for hydroxylation is 1. The summed E-state index contributed by atoms with van der Waals surface area (Å²) in [4.78, 5) is 18.7. The van der Waals surface area contributed by atoms with Crippen molar-refractivity contribution in [2.45, 2.75) is 50.7 Å². The van der Waals surface area contributed by atoms with Crippen LogP contribution in [0.15, 0.2) is 4.52 Å². The fourth-order valence-corrected chi connectivity index (χ4v) is 3.12.